The van der Waals surface area contributed by atoms with Gasteiger partial charge in [-0.15, -0.1) is 0 Å². The number of nitrogens with zero attached hydrogens (tertiary/aromatic N) is 4. The lowest BCUT2D eigenvalue weighted by Crippen LogP contribution is -2.46. The number of imidazole rings is 1. The summed E-state index contributed by atoms with van der Waals surface area (Å²) in [6, 6.07) is 12.0. The van der Waals surface area contributed by atoms with Crippen LogP contribution in [0.5, 0.6) is 0 Å². The Kier molecular flexibility index (Phi) is 5.84. The molecular weight excluding hydrogens is 366 g/mol. The van der Waals surface area contributed by atoms with Crippen LogP contribution in [0.15, 0.2) is 55.0 Å². The zero-order valence-corrected chi connectivity index (χ0v) is 16.3. The van der Waals surface area contributed by atoms with Crippen molar-refractivity contribution < 1.29 is 9.59 Å². The maximum Gasteiger partial charge on any atom is 0.233 e. The zero-order chi connectivity index (χ0) is 20.1. The van der Waals surface area contributed by atoms with Gasteiger partial charge < -0.3 is 10.2 Å². The lowest BCUT2D eigenvalue weighted by Gasteiger charge is -2.32. The van der Waals surface area contributed by atoms with Crippen molar-refractivity contribution in [2.75, 3.05) is 19.6 Å². The molecule has 4 rings (SSSR count). The van der Waals surface area contributed by atoms with Crippen LogP contribution in [0, 0.1) is 5.92 Å². The molecule has 1 fully saturated rings. The van der Waals surface area contributed by atoms with Gasteiger partial charge in [-0.05, 0) is 24.5 Å². The van der Waals surface area contributed by atoms with Crippen LogP contribution in [0.4, 0.5) is 0 Å². The van der Waals surface area contributed by atoms with E-state index in [9.17, 15) is 9.59 Å². The van der Waals surface area contributed by atoms with E-state index in [2.05, 4.69) is 27.4 Å². The number of hydrogen-bond donors (Lipinski definition) is 1. The molecule has 0 spiro atoms. The molecule has 2 amide bonds. The van der Waals surface area contributed by atoms with Crippen molar-refractivity contribution in [2.45, 2.75) is 25.7 Å². The summed E-state index contributed by atoms with van der Waals surface area (Å²) in [7, 11) is 0. The average Bonchev–Trinajstić information content (AvgIpc) is 3.16. The molecular formula is C22H25N5O2. The minimum absolute atomic E-state index is 0.0177. The van der Waals surface area contributed by atoms with Gasteiger partial charge in [0.25, 0.3) is 0 Å². The van der Waals surface area contributed by atoms with Crippen molar-refractivity contribution in [3.8, 4) is 0 Å². The lowest BCUT2D eigenvalue weighted by molar-refractivity contribution is -0.138. The second-order valence-electron chi connectivity index (χ2n) is 7.41. The van der Waals surface area contributed by atoms with E-state index in [-0.39, 0.29) is 17.7 Å². The van der Waals surface area contributed by atoms with Gasteiger partial charge in [-0.1, -0.05) is 30.3 Å². The number of amides is 2. The highest BCUT2D eigenvalue weighted by Crippen LogP contribution is 2.18. The average molecular weight is 391 g/mol. The number of piperidine rings is 1. The van der Waals surface area contributed by atoms with Crippen molar-refractivity contribution >= 4 is 17.6 Å². The van der Waals surface area contributed by atoms with Crippen molar-refractivity contribution in [1.82, 2.24) is 24.6 Å². The van der Waals surface area contributed by atoms with Crippen molar-refractivity contribution in [2.24, 2.45) is 5.92 Å². The third-order valence-corrected chi connectivity index (χ3v) is 5.35. The highest BCUT2D eigenvalue weighted by molar-refractivity contribution is 5.83. The maximum atomic E-state index is 12.6. The molecule has 1 saturated heterocycles. The Morgan fingerprint density at radius 3 is 2.86 bits per heavy atom. The van der Waals surface area contributed by atoms with E-state index in [4.69, 9.17) is 0 Å². The second-order valence-corrected chi connectivity index (χ2v) is 7.41. The summed E-state index contributed by atoms with van der Waals surface area (Å²) >= 11 is 0. The molecule has 3 aromatic rings. The Morgan fingerprint density at radius 2 is 2.03 bits per heavy atom. The first-order chi connectivity index (χ1) is 14.2. The fraction of sp³-hybridized carbons (Fsp3) is 0.364. The molecule has 7 nitrogen and oxygen atoms in total. The van der Waals surface area contributed by atoms with Crippen LogP contribution in [-0.2, 0) is 22.4 Å². The Balaban J connectivity index is 1.26. The SMILES string of the molecule is O=C(NCCc1cn2cccnc2n1)C1CCC(=O)N(CCc2ccccc2)C1. The number of benzene rings is 1. The summed E-state index contributed by atoms with van der Waals surface area (Å²) in [6.45, 7) is 1.67. The third kappa shape index (κ3) is 4.80. The number of carbonyl (C=O) groups excluding carboxylic acids is 2. The Bertz CT molecular complexity index is 952. The highest BCUT2D eigenvalue weighted by atomic mass is 16.2. The Hall–Kier alpha value is -3.22. The predicted molar refractivity (Wildman–Crippen MR) is 109 cm³/mol. The molecule has 1 aliphatic heterocycles. The standard InChI is InChI=1S/C22H25N5O2/c28-20-8-7-18(15-26(20)14-10-17-5-2-1-3-6-17)21(29)23-12-9-19-16-27-13-4-11-24-22(27)25-19/h1-6,11,13,16,18H,7-10,12,14-15H2,(H,23,29). The van der Waals surface area contributed by atoms with Crippen LogP contribution in [-0.4, -0.2) is 50.7 Å². The highest BCUT2D eigenvalue weighted by Gasteiger charge is 2.29. The first-order valence-electron chi connectivity index (χ1n) is 10.1. The van der Waals surface area contributed by atoms with Crippen molar-refractivity contribution in [3.63, 3.8) is 0 Å². The molecule has 0 radical (unpaired) electrons. The summed E-state index contributed by atoms with van der Waals surface area (Å²) < 4.78 is 1.87. The minimum atomic E-state index is -0.147. The summed E-state index contributed by atoms with van der Waals surface area (Å²) in [4.78, 5) is 35.3. The molecule has 3 heterocycles. The molecule has 0 saturated carbocycles. The number of nitrogens with one attached hydrogen (secondary N) is 1. The van der Waals surface area contributed by atoms with Gasteiger partial charge in [-0.25, -0.2) is 9.97 Å². The predicted octanol–water partition coefficient (Wildman–Crippen LogP) is 1.87. The van der Waals surface area contributed by atoms with Gasteiger partial charge in [0.15, 0.2) is 0 Å². The molecule has 1 aliphatic rings. The molecule has 0 bridgehead atoms. The van der Waals surface area contributed by atoms with Gasteiger partial charge in [0, 0.05) is 51.1 Å². The largest absolute Gasteiger partial charge is 0.355 e. The van der Waals surface area contributed by atoms with E-state index in [0.29, 0.717) is 44.7 Å². The van der Waals surface area contributed by atoms with E-state index >= 15 is 0 Å². The fourth-order valence-electron chi connectivity index (χ4n) is 3.71. The van der Waals surface area contributed by atoms with Gasteiger partial charge in [-0.2, -0.15) is 0 Å². The topological polar surface area (TPSA) is 79.6 Å². The second kappa shape index (κ2) is 8.86. The summed E-state index contributed by atoms with van der Waals surface area (Å²) in [5.74, 6) is 0.672. The Labute approximate surface area is 169 Å². The molecule has 2 aromatic heterocycles. The quantitative estimate of drug-likeness (QED) is 0.667. The third-order valence-electron chi connectivity index (χ3n) is 5.35. The van der Waals surface area contributed by atoms with Crippen LogP contribution >= 0.6 is 0 Å². The first kappa shape index (κ1) is 19.1. The van der Waals surface area contributed by atoms with Gasteiger partial charge >= 0.3 is 0 Å². The molecule has 7 heteroatoms. The molecule has 1 unspecified atom stereocenters. The molecule has 1 aromatic carbocycles. The van der Waals surface area contributed by atoms with Crippen LogP contribution in [0.1, 0.15) is 24.1 Å². The summed E-state index contributed by atoms with van der Waals surface area (Å²) in [6.07, 6.45) is 8.05. The van der Waals surface area contributed by atoms with Crippen LogP contribution in [0.25, 0.3) is 5.78 Å². The maximum absolute atomic E-state index is 12.6. The number of likely N-dealkylation sites (tertiary alicyclic amines) is 1. The molecule has 150 valence electrons. The Morgan fingerprint density at radius 1 is 1.17 bits per heavy atom. The number of hydrogen-bond acceptors (Lipinski definition) is 4. The number of carbonyl (C=O) groups is 2. The van der Waals surface area contributed by atoms with E-state index < -0.39 is 0 Å². The lowest BCUT2D eigenvalue weighted by atomic mass is 9.96. The molecule has 1 N–H and O–H groups in total. The van der Waals surface area contributed by atoms with Gasteiger partial charge in [0.2, 0.25) is 17.6 Å². The van der Waals surface area contributed by atoms with Crippen molar-refractivity contribution in [3.05, 3.63) is 66.2 Å². The van der Waals surface area contributed by atoms with E-state index in [0.717, 1.165) is 12.1 Å². The van der Waals surface area contributed by atoms with Gasteiger partial charge in [-0.3, -0.25) is 14.0 Å². The van der Waals surface area contributed by atoms with Crippen LogP contribution in [0.3, 0.4) is 0 Å². The number of aromatic nitrogens is 3. The van der Waals surface area contributed by atoms with E-state index in [1.54, 1.807) is 6.20 Å². The smallest absolute Gasteiger partial charge is 0.233 e. The van der Waals surface area contributed by atoms with Crippen molar-refractivity contribution in [1.29, 1.82) is 0 Å². The van der Waals surface area contributed by atoms with E-state index in [1.807, 2.05) is 46.0 Å². The summed E-state index contributed by atoms with van der Waals surface area (Å²) in [5, 5.41) is 3.01. The molecule has 1 atom stereocenters. The summed E-state index contributed by atoms with van der Waals surface area (Å²) in [5.41, 5.74) is 2.10. The fourth-order valence-corrected chi connectivity index (χ4v) is 3.71. The minimum Gasteiger partial charge on any atom is -0.355 e. The first-order valence-corrected chi connectivity index (χ1v) is 10.1. The zero-order valence-electron chi connectivity index (χ0n) is 16.3. The molecule has 29 heavy (non-hydrogen) atoms. The molecule has 0 aliphatic carbocycles. The van der Waals surface area contributed by atoms with Crippen LogP contribution < -0.4 is 5.32 Å². The number of rotatable bonds is 7. The number of fused-ring (bicyclic) bond motifs is 1. The van der Waals surface area contributed by atoms with Gasteiger partial charge in [0.05, 0.1) is 11.6 Å². The monoisotopic (exact) mass is 391 g/mol. The van der Waals surface area contributed by atoms with E-state index in [1.165, 1.54) is 5.56 Å². The normalized spacial score (nSPS) is 16.9. The van der Waals surface area contributed by atoms with Gasteiger partial charge in [0.1, 0.15) is 0 Å². The van der Waals surface area contributed by atoms with Crippen LogP contribution in [0.2, 0.25) is 0 Å².